The Morgan fingerprint density at radius 2 is 1.54 bits per heavy atom. The quantitative estimate of drug-likeness (QED) is 0.454. The first kappa shape index (κ1) is 26.2. The van der Waals surface area contributed by atoms with E-state index in [0.717, 1.165) is 22.3 Å². The van der Waals surface area contributed by atoms with E-state index in [1.807, 2.05) is 57.1 Å². The van der Waals surface area contributed by atoms with Gasteiger partial charge in [-0.1, -0.05) is 62.4 Å². The van der Waals surface area contributed by atoms with Crippen LogP contribution in [0.2, 0.25) is 0 Å². The Hall–Kier alpha value is -3.39. The molecule has 0 heterocycles. The molecule has 0 aromatic heterocycles. The number of benzene rings is 2. The summed E-state index contributed by atoms with van der Waals surface area (Å²) >= 11 is 0. The predicted molar refractivity (Wildman–Crippen MR) is 134 cm³/mol. The second kappa shape index (κ2) is 11.8. The fourth-order valence-corrected chi connectivity index (χ4v) is 4.34. The van der Waals surface area contributed by atoms with Gasteiger partial charge in [-0.25, -0.2) is 9.59 Å². The van der Waals surface area contributed by atoms with Crippen LogP contribution in [0.4, 0.5) is 4.79 Å². The summed E-state index contributed by atoms with van der Waals surface area (Å²) in [6, 6.07) is 14.7. The Kier molecular flexibility index (Phi) is 8.87. The Morgan fingerprint density at radius 3 is 2.06 bits per heavy atom. The van der Waals surface area contributed by atoms with Gasteiger partial charge in [-0.05, 0) is 48.7 Å². The third-order valence-corrected chi connectivity index (χ3v) is 6.36. The molecule has 2 unspecified atom stereocenters. The van der Waals surface area contributed by atoms with Crippen LogP contribution >= 0.6 is 0 Å². The molecule has 2 aromatic carbocycles. The number of carbonyl (C=O) groups is 3. The second-order valence-corrected chi connectivity index (χ2v) is 9.57. The Balaban J connectivity index is 1.58. The number of ether oxygens (including phenoxy) is 1. The topological polar surface area (TPSA) is 108 Å². The maximum atomic E-state index is 12.7. The summed E-state index contributed by atoms with van der Waals surface area (Å²) in [5.74, 6) is -1.60. The number of carbonyl (C=O) groups excluding carboxylic acids is 2. The van der Waals surface area contributed by atoms with E-state index in [-0.39, 0.29) is 24.9 Å². The third kappa shape index (κ3) is 6.82. The zero-order valence-corrected chi connectivity index (χ0v) is 20.8. The molecule has 2 aromatic rings. The summed E-state index contributed by atoms with van der Waals surface area (Å²) in [7, 11) is 3.68. The maximum Gasteiger partial charge on any atom is 0.407 e. The van der Waals surface area contributed by atoms with Crippen LogP contribution in [0.3, 0.4) is 0 Å². The van der Waals surface area contributed by atoms with Gasteiger partial charge in [0.1, 0.15) is 12.6 Å². The molecule has 2 atom stereocenters. The van der Waals surface area contributed by atoms with Gasteiger partial charge < -0.3 is 25.4 Å². The molecule has 35 heavy (non-hydrogen) atoms. The van der Waals surface area contributed by atoms with Gasteiger partial charge in [-0.3, -0.25) is 4.79 Å². The lowest BCUT2D eigenvalue weighted by Crippen LogP contribution is -2.47. The highest BCUT2D eigenvalue weighted by molar-refractivity contribution is 5.84. The highest BCUT2D eigenvalue weighted by atomic mass is 16.5. The van der Waals surface area contributed by atoms with Crippen molar-refractivity contribution < 1.29 is 24.2 Å². The van der Waals surface area contributed by atoms with Gasteiger partial charge in [-0.2, -0.15) is 0 Å². The molecule has 1 aliphatic carbocycles. The Morgan fingerprint density at radius 1 is 0.971 bits per heavy atom. The van der Waals surface area contributed by atoms with Crippen molar-refractivity contribution in [2.45, 2.75) is 44.7 Å². The van der Waals surface area contributed by atoms with Crippen LogP contribution in [0.1, 0.15) is 43.7 Å². The van der Waals surface area contributed by atoms with E-state index in [0.29, 0.717) is 13.0 Å². The van der Waals surface area contributed by atoms with E-state index in [2.05, 4.69) is 34.9 Å². The number of hydrogen-bond donors (Lipinski definition) is 3. The summed E-state index contributed by atoms with van der Waals surface area (Å²) < 4.78 is 5.60. The third-order valence-electron chi connectivity index (χ3n) is 6.36. The molecule has 2 amide bonds. The average Bonchev–Trinajstić information content (AvgIpc) is 3.13. The van der Waals surface area contributed by atoms with Crippen molar-refractivity contribution >= 4 is 18.0 Å². The van der Waals surface area contributed by atoms with Crippen molar-refractivity contribution in [3.05, 3.63) is 59.7 Å². The standard InChI is InChI=1S/C27H35N3O5/c1-17(2)24(15-25(31)28-23(26(32)33)13-14-30(3)4)29-27(34)35-16-22-20-11-7-5-9-18(20)19-10-6-8-12-21(19)22/h5-12,17,22-24H,13-16H2,1-4H3,(H,28,31)(H,29,34)(H,32,33). The second-order valence-electron chi connectivity index (χ2n) is 9.57. The van der Waals surface area contributed by atoms with Gasteiger partial charge in [0.2, 0.25) is 5.91 Å². The van der Waals surface area contributed by atoms with Crippen molar-refractivity contribution in [3.8, 4) is 11.1 Å². The lowest BCUT2D eigenvalue weighted by atomic mass is 9.98. The van der Waals surface area contributed by atoms with Gasteiger partial charge >= 0.3 is 12.1 Å². The average molecular weight is 482 g/mol. The molecule has 0 saturated carbocycles. The number of aliphatic carboxylic acids is 1. The van der Waals surface area contributed by atoms with E-state index >= 15 is 0 Å². The number of carboxylic acids is 1. The molecule has 188 valence electrons. The van der Waals surface area contributed by atoms with Crippen molar-refractivity contribution in [1.29, 1.82) is 0 Å². The van der Waals surface area contributed by atoms with Crippen LogP contribution in [-0.2, 0) is 14.3 Å². The molecule has 0 bridgehead atoms. The zero-order valence-electron chi connectivity index (χ0n) is 20.8. The number of alkyl carbamates (subject to hydrolysis) is 1. The molecule has 1 aliphatic rings. The van der Waals surface area contributed by atoms with Gasteiger partial charge in [0.15, 0.2) is 0 Å². The summed E-state index contributed by atoms with van der Waals surface area (Å²) in [6.45, 7) is 4.50. The van der Waals surface area contributed by atoms with Gasteiger partial charge in [0.05, 0.1) is 0 Å². The van der Waals surface area contributed by atoms with Crippen molar-refractivity contribution in [1.82, 2.24) is 15.5 Å². The number of rotatable bonds is 11. The summed E-state index contributed by atoms with van der Waals surface area (Å²) in [5, 5.41) is 14.8. The monoisotopic (exact) mass is 481 g/mol. The van der Waals surface area contributed by atoms with Gasteiger partial charge in [0, 0.05) is 24.9 Å². The zero-order chi connectivity index (χ0) is 25.5. The van der Waals surface area contributed by atoms with E-state index in [1.54, 1.807) is 0 Å². The predicted octanol–water partition coefficient (Wildman–Crippen LogP) is 3.46. The highest BCUT2D eigenvalue weighted by Gasteiger charge is 2.30. The molecule has 0 saturated heterocycles. The fourth-order valence-electron chi connectivity index (χ4n) is 4.34. The minimum atomic E-state index is -1.08. The van der Waals surface area contributed by atoms with Crippen LogP contribution in [0.15, 0.2) is 48.5 Å². The fraction of sp³-hybridized carbons (Fsp3) is 0.444. The molecule has 0 spiro atoms. The summed E-state index contributed by atoms with van der Waals surface area (Å²) in [6.07, 6.45) is -0.339. The largest absolute Gasteiger partial charge is 0.480 e. The van der Waals surface area contributed by atoms with Crippen LogP contribution in [-0.4, -0.2) is 67.3 Å². The van der Waals surface area contributed by atoms with Crippen LogP contribution in [0, 0.1) is 5.92 Å². The number of hydrogen-bond acceptors (Lipinski definition) is 5. The molecule has 3 rings (SSSR count). The molecule has 8 heteroatoms. The van der Waals surface area contributed by atoms with Gasteiger partial charge in [0.25, 0.3) is 0 Å². The van der Waals surface area contributed by atoms with E-state index < -0.39 is 30.1 Å². The lowest BCUT2D eigenvalue weighted by Gasteiger charge is -2.24. The van der Waals surface area contributed by atoms with E-state index in [9.17, 15) is 19.5 Å². The van der Waals surface area contributed by atoms with Crippen molar-refractivity contribution in [3.63, 3.8) is 0 Å². The smallest absolute Gasteiger partial charge is 0.407 e. The minimum absolute atomic E-state index is 0.0341. The first-order chi connectivity index (χ1) is 16.7. The maximum absolute atomic E-state index is 12.7. The van der Waals surface area contributed by atoms with Crippen LogP contribution < -0.4 is 10.6 Å². The number of amides is 2. The van der Waals surface area contributed by atoms with E-state index in [1.165, 1.54) is 0 Å². The van der Waals surface area contributed by atoms with Crippen molar-refractivity contribution in [2.75, 3.05) is 27.2 Å². The van der Waals surface area contributed by atoms with Gasteiger partial charge in [-0.15, -0.1) is 0 Å². The lowest BCUT2D eigenvalue weighted by molar-refractivity contribution is -0.142. The number of nitrogens with zero attached hydrogens (tertiary/aromatic N) is 1. The normalized spacial score (nSPS) is 14.2. The molecule has 3 N–H and O–H groups in total. The number of nitrogens with one attached hydrogen (secondary N) is 2. The Bertz CT molecular complexity index is 1010. The molecular formula is C27H35N3O5. The molecule has 0 radical (unpaired) electrons. The van der Waals surface area contributed by atoms with Crippen molar-refractivity contribution in [2.24, 2.45) is 5.92 Å². The SMILES string of the molecule is CC(C)C(CC(=O)NC(CCN(C)C)C(=O)O)NC(=O)OCC1c2ccccc2-c2ccccc21. The summed E-state index contributed by atoms with van der Waals surface area (Å²) in [4.78, 5) is 38.6. The highest BCUT2D eigenvalue weighted by Crippen LogP contribution is 2.44. The Labute approximate surface area is 206 Å². The van der Waals surface area contributed by atoms with Crippen LogP contribution in [0.25, 0.3) is 11.1 Å². The van der Waals surface area contributed by atoms with E-state index in [4.69, 9.17) is 4.74 Å². The number of carboxylic acid groups (broad SMARTS) is 1. The molecular weight excluding hydrogens is 446 g/mol. The minimum Gasteiger partial charge on any atom is -0.480 e. The molecule has 8 nitrogen and oxygen atoms in total. The summed E-state index contributed by atoms with van der Waals surface area (Å²) in [5.41, 5.74) is 4.55. The first-order valence-corrected chi connectivity index (χ1v) is 12.0. The van der Waals surface area contributed by atoms with Crippen LogP contribution in [0.5, 0.6) is 0 Å². The number of fused-ring (bicyclic) bond motifs is 3. The molecule has 0 aliphatic heterocycles. The molecule has 0 fully saturated rings. The first-order valence-electron chi connectivity index (χ1n) is 12.0.